The van der Waals surface area contributed by atoms with E-state index in [4.69, 9.17) is 4.74 Å². The number of rotatable bonds is 9. The summed E-state index contributed by atoms with van der Waals surface area (Å²) in [6.45, 7) is 4.78. The molecule has 1 aromatic carbocycles. The minimum atomic E-state index is -1.06. The molecule has 0 bridgehead atoms. The van der Waals surface area contributed by atoms with Crippen LogP contribution in [0.25, 0.3) is 10.2 Å². The first-order valence-corrected chi connectivity index (χ1v) is 16.8. The van der Waals surface area contributed by atoms with Gasteiger partial charge in [0.15, 0.2) is 27.6 Å². The lowest BCUT2D eigenvalue weighted by Crippen LogP contribution is -2.31. The maximum Gasteiger partial charge on any atom is 0.355 e. The number of aromatic carboxylic acids is 1. The number of nitrogens with zero attached hydrogens (tertiary/aromatic N) is 6. The summed E-state index contributed by atoms with van der Waals surface area (Å²) in [5.74, 6) is 0.0739. The highest BCUT2D eigenvalue weighted by atomic mass is 32.1. The highest BCUT2D eigenvalue weighted by molar-refractivity contribution is 7.22. The van der Waals surface area contributed by atoms with Crippen molar-refractivity contribution in [3.8, 4) is 0 Å². The van der Waals surface area contributed by atoms with Crippen molar-refractivity contribution in [1.82, 2.24) is 25.1 Å². The van der Waals surface area contributed by atoms with E-state index in [0.29, 0.717) is 54.1 Å². The average molecular weight is 648 g/mol. The Balaban J connectivity index is 1.03. The molecule has 3 aliphatic rings. The smallest absolute Gasteiger partial charge is 0.355 e. The van der Waals surface area contributed by atoms with E-state index in [-0.39, 0.29) is 11.5 Å². The molecule has 1 atom stereocenters. The molecule has 45 heavy (non-hydrogen) atoms. The molecule has 10 nitrogen and oxygen atoms in total. The number of hydrogen-bond acceptors (Lipinski definition) is 11. The lowest BCUT2D eigenvalue weighted by atomic mass is 9.90. The number of fused-ring (bicyclic) bond motifs is 2. The molecule has 0 fully saturated rings. The van der Waals surface area contributed by atoms with Gasteiger partial charge in [-0.15, -0.1) is 21.5 Å². The van der Waals surface area contributed by atoms with Gasteiger partial charge in [-0.1, -0.05) is 29.0 Å². The number of carboxylic acid groups (broad SMARTS) is 1. The number of aryl methyl sites for hydroxylation is 1. The number of halogens is 1. The number of benzene rings is 1. The topological polar surface area (TPSA) is 117 Å². The maximum atomic E-state index is 14.8. The molecule has 4 aromatic rings. The van der Waals surface area contributed by atoms with Gasteiger partial charge < -0.3 is 25.0 Å². The fraction of sp³-hybridized carbons (Fsp3) is 0.406. The standard InChI is InChI=1S/C32H34FN7O3S2/c1-18-21-7-5-12-40(29(21)38-37-28(18)36-31-34-23-8-3-4-9-25(23)44-31)32-35-27(30(41)42)26(45-32)10-6-14-43-24-16-19-11-13-39(2)17-20(19)15-22(24)33/h3-4,8-9,15,24H,5-7,10-14,16-17H2,1-2H3,(H,41,42)(H,34,36,37). The van der Waals surface area contributed by atoms with Crippen molar-refractivity contribution in [2.75, 3.05) is 43.5 Å². The van der Waals surface area contributed by atoms with E-state index >= 15 is 0 Å². The second-order valence-electron chi connectivity index (χ2n) is 11.7. The monoisotopic (exact) mass is 647 g/mol. The Hall–Kier alpha value is -3.78. The van der Waals surface area contributed by atoms with Gasteiger partial charge in [-0.05, 0) is 69.9 Å². The Morgan fingerprint density at radius 1 is 1.18 bits per heavy atom. The van der Waals surface area contributed by atoms with Crippen molar-refractivity contribution < 1.29 is 19.0 Å². The van der Waals surface area contributed by atoms with Crippen LogP contribution in [-0.2, 0) is 17.6 Å². The van der Waals surface area contributed by atoms with Gasteiger partial charge in [-0.2, -0.15) is 0 Å². The van der Waals surface area contributed by atoms with Crippen molar-refractivity contribution in [3.63, 3.8) is 0 Å². The van der Waals surface area contributed by atoms with Gasteiger partial charge in [0.1, 0.15) is 11.9 Å². The fourth-order valence-corrected chi connectivity index (χ4v) is 8.22. The number of para-hydroxylation sites is 1. The fourth-order valence-electron chi connectivity index (χ4n) is 6.23. The zero-order valence-corrected chi connectivity index (χ0v) is 26.8. The third-order valence-corrected chi connectivity index (χ3v) is 10.7. The summed E-state index contributed by atoms with van der Waals surface area (Å²) in [5.41, 5.74) is 5.38. The van der Waals surface area contributed by atoms with Gasteiger partial charge in [0, 0.05) is 48.7 Å². The van der Waals surface area contributed by atoms with E-state index in [1.165, 1.54) is 16.9 Å². The molecule has 0 radical (unpaired) electrons. The summed E-state index contributed by atoms with van der Waals surface area (Å²) >= 11 is 2.93. The number of thiazole rings is 2. The van der Waals surface area contributed by atoms with Crippen molar-refractivity contribution >= 4 is 60.8 Å². The van der Waals surface area contributed by atoms with Gasteiger partial charge in [0.05, 0.1) is 10.2 Å². The first-order chi connectivity index (χ1) is 21.8. The van der Waals surface area contributed by atoms with E-state index in [2.05, 4.69) is 30.4 Å². The van der Waals surface area contributed by atoms with Crippen molar-refractivity contribution in [2.24, 2.45) is 0 Å². The Morgan fingerprint density at radius 2 is 2.04 bits per heavy atom. The molecule has 0 saturated carbocycles. The first-order valence-electron chi connectivity index (χ1n) is 15.2. The largest absolute Gasteiger partial charge is 0.476 e. The Bertz CT molecular complexity index is 1800. The quantitative estimate of drug-likeness (QED) is 0.193. The molecule has 1 aliphatic carbocycles. The van der Waals surface area contributed by atoms with Crippen LogP contribution >= 0.6 is 22.7 Å². The molecule has 0 amide bonds. The van der Waals surface area contributed by atoms with Crippen LogP contribution in [0.15, 0.2) is 47.3 Å². The average Bonchev–Trinajstić information content (AvgIpc) is 3.65. The molecule has 5 heterocycles. The summed E-state index contributed by atoms with van der Waals surface area (Å²) in [5, 5.41) is 23.7. The lowest BCUT2D eigenvalue weighted by molar-refractivity contribution is 0.0581. The van der Waals surface area contributed by atoms with Crippen molar-refractivity contribution in [1.29, 1.82) is 0 Å². The molecule has 7 rings (SSSR count). The van der Waals surface area contributed by atoms with E-state index in [0.717, 1.165) is 64.4 Å². The summed E-state index contributed by atoms with van der Waals surface area (Å²) in [6.07, 6.45) is 5.35. The minimum Gasteiger partial charge on any atom is -0.476 e. The predicted molar refractivity (Wildman–Crippen MR) is 175 cm³/mol. The number of ether oxygens (including phenoxy) is 1. The van der Waals surface area contributed by atoms with Gasteiger partial charge in [-0.3, -0.25) is 0 Å². The molecule has 2 aliphatic heterocycles. The van der Waals surface area contributed by atoms with Crippen molar-refractivity contribution in [3.05, 3.63) is 69.0 Å². The van der Waals surface area contributed by atoms with Gasteiger partial charge in [-0.25, -0.2) is 19.2 Å². The van der Waals surface area contributed by atoms with Crippen LogP contribution in [0.1, 0.15) is 52.2 Å². The van der Waals surface area contributed by atoms with Crippen LogP contribution in [0.3, 0.4) is 0 Å². The maximum absolute atomic E-state index is 14.8. The van der Waals surface area contributed by atoms with Gasteiger partial charge >= 0.3 is 5.97 Å². The Morgan fingerprint density at radius 3 is 2.89 bits per heavy atom. The second kappa shape index (κ2) is 12.5. The number of nitrogens with one attached hydrogen (secondary N) is 1. The number of carboxylic acids is 1. The third kappa shape index (κ3) is 6.09. The Kier molecular flexibility index (Phi) is 8.34. The van der Waals surface area contributed by atoms with Crippen LogP contribution in [0.4, 0.5) is 26.3 Å². The number of anilines is 4. The molecule has 3 aromatic heterocycles. The Labute approximate surface area is 268 Å². The predicted octanol–water partition coefficient (Wildman–Crippen LogP) is 6.58. The van der Waals surface area contributed by atoms with E-state index in [1.807, 2.05) is 43.1 Å². The summed E-state index contributed by atoms with van der Waals surface area (Å²) in [7, 11) is 2.05. The highest BCUT2D eigenvalue weighted by Gasteiger charge is 2.29. The van der Waals surface area contributed by atoms with Gasteiger partial charge in [0.2, 0.25) is 0 Å². The molecular weight excluding hydrogens is 614 g/mol. The molecule has 0 spiro atoms. The van der Waals surface area contributed by atoms with E-state index in [9.17, 15) is 14.3 Å². The highest BCUT2D eigenvalue weighted by Crippen LogP contribution is 2.39. The zero-order chi connectivity index (χ0) is 31.1. The lowest BCUT2D eigenvalue weighted by Gasteiger charge is -2.31. The van der Waals surface area contributed by atoms with Crippen LogP contribution in [0.2, 0.25) is 0 Å². The molecule has 13 heteroatoms. The van der Waals surface area contributed by atoms with Crippen LogP contribution < -0.4 is 10.2 Å². The van der Waals surface area contributed by atoms with Gasteiger partial charge in [0.25, 0.3) is 0 Å². The molecule has 234 valence electrons. The van der Waals surface area contributed by atoms with Crippen LogP contribution in [-0.4, -0.2) is 75.5 Å². The summed E-state index contributed by atoms with van der Waals surface area (Å²) < 4.78 is 21.8. The van der Waals surface area contributed by atoms with Crippen LogP contribution in [0.5, 0.6) is 0 Å². The third-order valence-electron chi connectivity index (χ3n) is 8.63. The summed E-state index contributed by atoms with van der Waals surface area (Å²) in [6, 6.07) is 7.99. The zero-order valence-electron chi connectivity index (χ0n) is 25.2. The second-order valence-corrected chi connectivity index (χ2v) is 13.8. The number of carbonyl (C=O) groups is 1. The normalized spacial score (nSPS) is 18.6. The van der Waals surface area contributed by atoms with E-state index < -0.39 is 12.1 Å². The number of hydrogen-bond donors (Lipinski definition) is 2. The molecule has 0 saturated heterocycles. The van der Waals surface area contributed by atoms with Crippen LogP contribution in [0, 0.1) is 6.92 Å². The molecular formula is C32H34FN7O3S2. The number of likely N-dealkylation sites (N-methyl/N-ethyl adjacent to an activating group) is 1. The van der Waals surface area contributed by atoms with E-state index in [1.54, 1.807) is 17.4 Å². The first kappa shape index (κ1) is 29.9. The SMILES string of the molecule is Cc1c(Nc2nc3ccccc3s2)nnc2c1CCCN2c1nc(C(=O)O)c(CCCOC2CC3=C(C=C2F)CN(C)CC3)s1. The summed E-state index contributed by atoms with van der Waals surface area (Å²) in [4.78, 5) is 26.2. The molecule has 1 unspecified atom stereocenters. The minimum absolute atomic E-state index is 0.0470. The van der Waals surface area contributed by atoms with Crippen molar-refractivity contribution in [2.45, 2.75) is 51.6 Å². The number of aromatic nitrogens is 4. The molecule has 2 N–H and O–H groups in total.